The Morgan fingerprint density at radius 1 is 1.43 bits per heavy atom. The molecule has 3 rings (SSSR count). The van der Waals surface area contributed by atoms with Gasteiger partial charge in [-0.2, -0.15) is 0 Å². The van der Waals surface area contributed by atoms with E-state index in [1.165, 1.54) is 29.1 Å². The van der Waals surface area contributed by atoms with Crippen LogP contribution in [0.4, 0.5) is 5.69 Å². The maximum Gasteiger partial charge on any atom is 0.270 e. The zero-order valence-corrected chi connectivity index (χ0v) is 12.4. The van der Waals surface area contributed by atoms with Crippen LogP contribution in [-0.4, -0.2) is 26.4 Å². The van der Waals surface area contributed by atoms with Crippen LogP contribution in [0.25, 0.3) is 10.9 Å². The van der Waals surface area contributed by atoms with Gasteiger partial charge in [-0.1, -0.05) is 0 Å². The highest BCUT2D eigenvalue weighted by Crippen LogP contribution is 2.19. The minimum atomic E-state index is -0.543. The number of carbonyl (C=O) groups is 1. The summed E-state index contributed by atoms with van der Waals surface area (Å²) in [5.41, 5.74) is -0.0532. The van der Waals surface area contributed by atoms with Crippen LogP contribution in [0.15, 0.2) is 29.3 Å². The summed E-state index contributed by atoms with van der Waals surface area (Å²) in [6.45, 7) is 0.350. The molecule has 1 aliphatic carbocycles. The predicted molar refractivity (Wildman–Crippen MR) is 83.1 cm³/mol. The predicted octanol–water partition coefficient (Wildman–Crippen LogP) is 1.36. The molecule has 1 amide bonds. The van der Waals surface area contributed by atoms with E-state index in [1.807, 2.05) is 0 Å². The van der Waals surface area contributed by atoms with Gasteiger partial charge in [0.05, 0.1) is 22.2 Å². The molecule has 1 aromatic carbocycles. The van der Waals surface area contributed by atoms with E-state index < -0.39 is 4.92 Å². The summed E-state index contributed by atoms with van der Waals surface area (Å²) in [7, 11) is 0. The number of aromatic nitrogens is 2. The van der Waals surface area contributed by atoms with Gasteiger partial charge in [-0.05, 0) is 25.3 Å². The maximum absolute atomic E-state index is 12.4. The van der Waals surface area contributed by atoms with Crippen molar-refractivity contribution in [3.8, 4) is 0 Å². The fourth-order valence-electron chi connectivity index (χ4n) is 2.36. The number of hydrogen-bond acceptors (Lipinski definition) is 5. The molecule has 23 heavy (non-hydrogen) atoms. The smallest absolute Gasteiger partial charge is 0.270 e. The molecule has 2 aromatic rings. The summed E-state index contributed by atoms with van der Waals surface area (Å²) < 4.78 is 1.39. The third-order valence-corrected chi connectivity index (χ3v) is 3.76. The first kappa shape index (κ1) is 15.1. The molecule has 0 atom stereocenters. The Hall–Kier alpha value is -2.77. The number of carbonyl (C=O) groups excluding carboxylic acids is 1. The second-order valence-corrected chi connectivity index (χ2v) is 5.65. The van der Waals surface area contributed by atoms with Gasteiger partial charge >= 0.3 is 0 Å². The molecule has 0 bridgehead atoms. The van der Waals surface area contributed by atoms with Crippen LogP contribution < -0.4 is 10.9 Å². The van der Waals surface area contributed by atoms with Crippen molar-refractivity contribution in [3.63, 3.8) is 0 Å². The summed E-state index contributed by atoms with van der Waals surface area (Å²) in [6.07, 6.45) is 4.35. The average Bonchev–Trinajstić information content (AvgIpc) is 3.33. The summed E-state index contributed by atoms with van der Waals surface area (Å²) in [5.74, 6) is -0.00932. The van der Waals surface area contributed by atoms with Crippen molar-refractivity contribution in [1.82, 2.24) is 14.9 Å². The first-order valence-electron chi connectivity index (χ1n) is 7.47. The van der Waals surface area contributed by atoms with E-state index in [0.29, 0.717) is 30.9 Å². The van der Waals surface area contributed by atoms with E-state index in [1.54, 1.807) is 0 Å². The lowest BCUT2D eigenvalue weighted by Gasteiger charge is -2.07. The van der Waals surface area contributed by atoms with Crippen LogP contribution in [-0.2, 0) is 11.3 Å². The normalized spacial score (nSPS) is 13.9. The van der Waals surface area contributed by atoms with Crippen molar-refractivity contribution < 1.29 is 9.72 Å². The van der Waals surface area contributed by atoms with Gasteiger partial charge < -0.3 is 5.32 Å². The number of non-ortho nitro benzene ring substituents is 1. The van der Waals surface area contributed by atoms with Crippen molar-refractivity contribution in [2.24, 2.45) is 0 Å². The van der Waals surface area contributed by atoms with Crippen molar-refractivity contribution >= 4 is 22.5 Å². The van der Waals surface area contributed by atoms with Gasteiger partial charge in [0.1, 0.15) is 0 Å². The minimum absolute atomic E-state index is 0.00932. The highest BCUT2D eigenvalue weighted by Gasteiger charge is 2.22. The quantitative estimate of drug-likeness (QED) is 0.639. The summed E-state index contributed by atoms with van der Waals surface area (Å²) >= 11 is 0. The second-order valence-electron chi connectivity index (χ2n) is 5.65. The Balaban J connectivity index is 1.72. The molecule has 0 spiro atoms. The fraction of sp³-hybridized carbons (Fsp3) is 0.400. The third-order valence-electron chi connectivity index (χ3n) is 3.76. The van der Waals surface area contributed by atoms with Crippen molar-refractivity contribution in [2.45, 2.75) is 38.3 Å². The number of fused-ring (bicyclic) bond motifs is 1. The van der Waals surface area contributed by atoms with Gasteiger partial charge in [-0.25, -0.2) is 4.98 Å². The molecule has 8 nitrogen and oxygen atoms in total. The number of nitro groups is 1. The lowest BCUT2D eigenvalue weighted by Crippen LogP contribution is -2.26. The first-order chi connectivity index (χ1) is 11.0. The Bertz CT molecular complexity index is 826. The molecule has 0 radical (unpaired) electrons. The number of aryl methyl sites for hydroxylation is 1. The van der Waals surface area contributed by atoms with Crippen LogP contribution >= 0.6 is 0 Å². The van der Waals surface area contributed by atoms with E-state index in [-0.39, 0.29) is 22.5 Å². The number of nitrogens with zero attached hydrogens (tertiary/aromatic N) is 3. The van der Waals surface area contributed by atoms with E-state index in [4.69, 9.17) is 0 Å². The Kier molecular flexibility index (Phi) is 4.05. The standard InChI is InChI=1S/C15H16N4O4/c20-14(17-10-3-4-10)2-1-7-18-9-16-13-6-5-11(19(22)23)8-12(13)15(18)21/h5-6,8-10H,1-4,7H2,(H,17,20). The minimum Gasteiger partial charge on any atom is -0.353 e. The van der Waals surface area contributed by atoms with Gasteiger partial charge in [0.15, 0.2) is 0 Å². The zero-order chi connectivity index (χ0) is 16.4. The summed E-state index contributed by atoms with van der Waals surface area (Å²) in [6, 6.07) is 4.35. The van der Waals surface area contributed by atoms with Crippen LogP contribution in [0.3, 0.4) is 0 Å². The highest BCUT2D eigenvalue weighted by molar-refractivity contribution is 5.79. The number of rotatable bonds is 6. The second kappa shape index (κ2) is 6.15. The topological polar surface area (TPSA) is 107 Å². The molecule has 120 valence electrons. The molecule has 1 fully saturated rings. The molecule has 0 aliphatic heterocycles. The van der Waals surface area contributed by atoms with Crippen molar-refractivity contribution in [1.29, 1.82) is 0 Å². The molecule has 1 aliphatic rings. The van der Waals surface area contributed by atoms with Gasteiger partial charge in [0.2, 0.25) is 5.91 Å². The molecule has 0 saturated heterocycles. The molecule has 1 heterocycles. The summed E-state index contributed by atoms with van der Waals surface area (Å²) in [4.78, 5) is 38.4. The van der Waals surface area contributed by atoms with Crippen molar-refractivity contribution in [2.75, 3.05) is 0 Å². The van der Waals surface area contributed by atoms with Crippen LogP contribution in [0, 0.1) is 10.1 Å². The molecule has 1 aromatic heterocycles. The Morgan fingerprint density at radius 2 is 2.22 bits per heavy atom. The lowest BCUT2D eigenvalue weighted by atomic mass is 10.2. The van der Waals surface area contributed by atoms with Gasteiger partial charge in [-0.3, -0.25) is 24.3 Å². The van der Waals surface area contributed by atoms with Gasteiger partial charge in [0, 0.05) is 31.1 Å². The summed E-state index contributed by atoms with van der Waals surface area (Å²) in [5, 5.41) is 13.9. The number of nitro benzene ring substituents is 1. The molecule has 0 unspecified atom stereocenters. The number of nitrogens with one attached hydrogen (secondary N) is 1. The number of benzene rings is 1. The van der Waals surface area contributed by atoms with Gasteiger partial charge in [0.25, 0.3) is 11.2 Å². The maximum atomic E-state index is 12.4. The monoisotopic (exact) mass is 316 g/mol. The fourth-order valence-corrected chi connectivity index (χ4v) is 2.36. The first-order valence-corrected chi connectivity index (χ1v) is 7.47. The van der Waals surface area contributed by atoms with Crippen LogP contribution in [0.5, 0.6) is 0 Å². The molecular formula is C15H16N4O4. The van der Waals surface area contributed by atoms with Crippen LogP contribution in [0.2, 0.25) is 0 Å². The van der Waals surface area contributed by atoms with Crippen molar-refractivity contribution in [3.05, 3.63) is 45.0 Å². The Morgan fingerprint density at radius 3 is 2.91 bits per heavy atom. The van der Waals surface area contributed by atoms with Gasteiger partial charge in [-0.15, -0.1) is 0 Å². The molecule has 8 heteroatoms. The largest absolute Gasteiger partial charge is 0.353 e. The van der Waals surface area contributed by atoms with E-state index in [0.717, 1.165) is 12.8 Å². The lowest BCUT2D eigenvalue weighted by molar-refractivity contribution is -0.384. The average molecular weight is 316 g/mol. The molecular weight excluding hydrogens is 300 g/mol. The van der Waals surface area contributed by atoms with E-state index in [2.05, 4.69) is 10.3 Å². The number of amides is 1. The third kappa shape index (κ3) is 3.53. The molecule has 1 saturated carbocycles. The zero-order valence-electron chi connectivity index (χ0n) is 12.4. The highest BCUT2D eigenvalue weighted by atomic mass is 16.6. The number of hydrogen-bond donors (Lipinski definition) is 1. The van der Waals surface area contributed by atoms with E-state index >= 15 is 0 Å². The Labute approximate surface area is 131 Å². The van der Waals surface area contributed by atoms with Crippen LogP contribution in [0.1, 0.15) is 25.7 Å². The van der Waals surface area contributed by atoms with E-state index in [9.17, 15) is 19.7 Å². The SMILES string of the molecule is O=C(CCCn1cnc2ccc([N+](=O)[O-])cc2c1=O)NC1CC1. The molecule has 1 N–H and O–H groups in total.